The van der Waals surface area contributed by atoms with E-state index in [0.29, 0.717) is 6.42 Å². The highest BCUT2D eigenvalue weighted by Gasteiger charge is 2.28. The molecule has 2 heterocycles. The van der Waals surface area contributed by atoms with Gasteiger partial charge in [0.2, 0.25) is 0 Å². The van der Waals surface area contributed by atoms with Gasteiger partial charge in [0.05, 0.1) is 11.1 Å². The summed E-state index contributed by atoms with van der Waals surface area (Å²) in [5.41, 5.74) is -1.48. The lowest BCUT2D eigenvalue weighted by Gasteiger charge is -2.18. The predicted octanol–water partition coefficient (Wildman–Crippen LogP) is 3.33. The van der Waals surface area contributed by atoms with Crippen molar-refractivity contribution in [3.05, 3.63) is 55.6 Å². The van der Waals surface area contributed by atoms with Crippen LogP contribution in [-0.4, -0.2) is 10.2 Å². The Bertz CT molecular complexity index is 765. The summed E-state index contributed by atoms with van der Waals surface area (Å²) in [6, 6.07) is 2.66. The number of aromatic hydroxyl groups is 2. The van der Waals surface area contributed by atoms with Crippen LogP contribution in [0.25, 0.3) is 0 Å². The summed E-state index contributed by atoms with van der Waals surface area (Å²) in [7, 11) is 0. The zero-order valence-electron chi connectivity index (χ0n) is 14.1. The van der Waals surface area contributed by atoms with Crippen LogP contribution in [0.2, 0.25) is 0 Å². The molecule has 0 saturated carbocycles. The van der Waals surface area contributed by atoms with E-state index in [1.807, 2.05) is 6.92 Å². The average Bonchev–Trinajstić information content (AvgIpc) is 2.44. The standard InChI is InChI=1S/C18H22O6/c1-4-5-6-7-12(15-13(19)8-10(2)23-17(15)21)16-14(20)9-11(3)24-18(16)22/h8-9,12,19-20H,4-7H2,1-3H3. The molecule has 6 nitrogen and oxygen atoms in total. The van der Waals surface area contributed by atoms with Gasteiger partial charge in [-0.3, -0.25) is 0 Å². The van der Waals surface area contributed by atoms with Crippen LogP contribution in [0.1, 0.15) is 61.2 Å². The summed E-state index contributed by atoms with van der Waals surface area (Å²) < 4.78 is 10.1. The van der Waals surface area contributed by atoms with Gasteiger partial charge >= 0.3 is 11.3 Å². The highest BCUT2D eigenvalue weighted by Crippen LogP contribution is 2.36. The van der Waals surface area contributed by atoms with E-state index in [9.17, 15) is 19.8 Å². The lowest BCUT2D eigenvalue weighted by Crippen LogP contribution is -2.20. The normalized spacial score (nSPS) is 11.2. The Morgan fingerprint density at radius 2 is 1.38 bits per heavy atom. The summed E-state index contributed by atoms with van der Waals surface area (Å²) in [5.74, 6) is -0.734. The van der Waals surface area contributed by atoms with E-state index >= 15 is 0 Å². The molecule has 0 fully saturated rings. The molecule has 130 valence electrons. The molecule has 0 amide bonds. The van der Waals surface area contributed by atoms with Gasteiger partial charge in [0.1, 0.15) is 23.0 Å². The van der Waals surface area contributed by atoms with Gasteiger partial charge in [-0.05, 0) is 20.3 Å². The molecule has 0 saturated heterocycles. The lowest BCUT2D eigenvalue weighted by atomic mass is 9.87. The molecule has 2 aromatic heterocycles. The topological polar surface area (TPSA) is 101 Å². The Balaban J connectivity index is 2.63. The summed E-state index contributed by atoms with van der Waals surface area (Å²) >= 11 is 0. The minimum atomic E-state index is -0.787. The maximum atomic E-state index is 12.3. The molecule has 2 aromatic rings. The highest BCUT2D eigenvalue weighted by molar-refractivity contribution is 5.43. The third kappa shape index (κ3) is 3.69. The van der Waals surface area contributed by atoms with Crippen molar-refractivity contribution in [2.24, 2.45) is 0 Å². The monoisotopic (exact) mass is 334 g/mol. The molecule has 0 aliphatic heterocycles. The quantitative estimate of drug-likeness (QED) is 0.786. The van der Waals surface area contributed by atoms with Crippen LogP contribution in [0.3, 0.4) is 0 Å². The van der Waals surface area contributed by atoms with Gasteiger partial charge in [-0.25, -0.2) is 9.59 Å². The summed E-state index contributed by atoms with van der Waals surface area (Å²) in [6.45, 7) is 5.13. The third-order valence-corrected chi connectivity index (χ3v) is 3.97. The first-order valence-corrected chi connectivity index (χ1v) is 8.02. The second-order valence-corrected chi connectivity index (χ2v) is 5.94. The number of hydrogen-bond acceptors (Lipinski definition) is 6. The van der Waals surface area contributed by atoms with Crippen molar-refractivity contribution >= 4 is 0 Å². The van der Waals surface area contributed by atoms with Crippen LogP contribution in [0.5, 0.6) is 11.5 Å². The van der Waals surface area contributed by atoms with Crippen molar-refractivity contribution in [1.82, 2.24) is 0 Å². The van der Waals surface area contributed by atoms with Gasteiger partial charge in [0.25, 0.3) is 0 Å². The van der Waals surface area contributed by atoms with Crippen LogP contribution in [0.4, 0.5) is 0 Å². The van der Waals surface area contributed by atoms with E-state index in [-0.39, 0.29) is 34.1 Å². The fourth-order valence-electron chi connectivity index (χ4n) is 2.88. The highest BCUT2D eigenvalue weighted by atomic mass is 16.4. The van der Waals surface area contributed by atoms with Crippen molar-refractivity contribution in [2.45, 2.75) is 52.4 Å². The molecule has 0 bridgehead atoms. The minimum absolute atomic E-state index is 0.0249. The van der Waals surface area contributed by atoms with Crippen molar-refractivity contribution in [3.63, 3.8) is 0 Å². The first-order chi connectivity index (χ1) is 11.3. The SMILES string of the molecule is CCCCCC(c1c(O)cc(C)oc1=O)c1c(O)cc(C)oc1=O. The Morgan fingerprint density at radius 1 is 0.917 bits per heavy atom. The molecule has 0 unspecified atom stereocenters. The van der Waals surface area contributed by atoms with Gasteiger partial charge in [-0.2, -0.15) is 0 Å². The van der Waals surface area contributed by atoms with E-state index in [1.54, 1.807) is 13.8 Å². The Kier molecular flexibility index (Phi) is 5.49. The smallest absolute Gasteiger partial charge is 0.343 e. The minimum Gasteiger partial charge on any atom is -0.507 e. The largest absolute Gasteiger partial charge is 0.507 e. The molecule has 0 aromatic carbocycles. The van der Waals surface area contributed by atoms with Crippen molar-refractivity contribution < 1.29 is 19.0 Å². The van der Waals surface area contributed by atoms with Crippen LogP contribution >= 0.6 is 0 Å². The van der Waals surface area contributed by atoms with Crippen molar-refractivity contribution in [2.75, 3.05) is 0 Å². The van der Waals surface area contributed by atoms with Crippen LogP contribution in [-0.2, 0) is 0 Å². The van der Waals surface area contributed by atoms with Gasteiger partial charge < -0.3 is 19.0 Å². The zero-order chi connectivity index (χ0) is 17.9. The Hall–Kier alpha value is -2.50. The van der Waals surface area contributed by atoms with Crippen LogP contribution in [0.15, 0.2) is 30.6 Å². The zero-order valence-corrected chi connectivity index (χ0v) is 14.1. The molecule has 0 radical (unpaired) electrons. The molecule has 0 aliphatic carbocycles. The van der Waals surface area contributed by atoms with Crippen LogP contribution < -0.4 is 11.3 Å². The summed E-state index contributed by atoms with van der Waals surface area (Å²) in [5, 5.41) is 20.4. The lowest BCUT2D eigenvalue weighted by molar-refractivity contribution is 0.395. The third-order valence-electron chi connectivity index (χ3n) is 3.97. The summed E-state index contributed by atoms with van der Waals surface area (Å²) in [6.07, 6.45) is 2.99. The summed E-state index contributed by atoms with van der Waals surface area (Å²) in [4.78, 5) is 24.5. The fraction of sp³-hybridized carbons (Fsp3) is 0.444. The van der Waals surface area contributed by atoms with E-state index < -0.39 is 17.2 Å². The van der Waals surface area contributed by atoms with Crippen molar-refractivity contribution in [3.8, 4) is 11.5 Å². The van der Waals surface area contributed by atoms with E-state index in [0.717, 1.165) is 19.3 Å². The van der Waals surface area contributed by atoms with Gasteiger partial charge in [-0.15, -0.1) is 0 Å². The molecule has 2 N–H and O–H groups in total. The first-order valence-electron chi connectivity index (χ1n) is 8.02. The van der Waals surface area contributed by atoms with Gasteiger partial charge in [-0.1, -0.05) is 26.2 Å². The van der Waals surface area contributed by atoms with Crippen molar-refractivity contribution in [1.29, 1.82) is 0 Å². The Morgan fingerprint density at radius 3 is 1.75 bits per heavy atom. The average molecular weight is 334 g/mol. The number of aryl methyl sites for hydroxylation is 2. The van der Waals surface area contributed by atoms with Crippen LogP contribution in [0, 0.1) is 13.8 Å². The number of hydrogen-bond donors (Lipinski definition) is 2. The first kappa shape index (κ1) is 17.8. The molecule has 0 atom stereocenters. The molecule has 24 heavy (non-hydrogen) atoms. The molecular formula is C18H22O6. The second kappa shape index (κ2) is 7.38. The molecule has 0 spiro atoms. The molecule has 6 heteroatoms. The number of unbranched alkanes of at least 4 members (excludes halogenated alkanes) is 2. The second-order valence-electron chi connectivity index (χ2n) is 5.94. The fourth-order valence-corrected chi connectivity index (χ4v) is 2.88. The van der Waals surface area contributed by atoms with E-state index in [4.69, 9.17) is 8.83 Å². The predicted molar refractivity (Wildman–Crippen MR) is 88.7 cm³/mol. The van der Waals surface area contributed by atoms with Gasteiger partial charge in [0.15, 0.2) is 0 Å². The maximum absolute atomic E-state index is 12.3. The van der Waals surface area contributed by atoms with E-state index in [2.05, 4.69) is 0 Å². The van der Waals surface area contributed by atoms with Gasteiger partial charge in [0, 0.05) is 18.1 Å². The number of rotatable bonds is 6. The molecular weight excluding hydrogens is 312 g/mol. The Labute approximate surface area is 139 Å². The van der Waals surface area contributed by atoms with E-state index in [1.165, 1.54) is 12.1 Å². The molecule has 0 aliphatic rings. The maximum Gasteiger partial charge on any atom is 0.343 e. The molecule has 2 rings (SSSR count).